The van der Waals surface area contributed by atoms with Gasteiger partial charge < -0.3 is 10.6 Å². The van der Waals surface area contributed by atoms with Crippen molar-refractivity contribution in [1.82, 2.24) is 15.6 Å². The Morgan fingerprint density at radius 2 is 1.96 bits per heavy atom. The molecule has 0 fully saturated rings. The fourth-order valence-electron chi connectivity index (χ4n) is 1.96. The summed E-state index contributed by atoms with van der Waals surface area (Å²) in [5.74, 6) is 0.842. The molecule has 1 heterocycles. The summed E-state index contributed by atoms with van der Waals surface area (Å²) in [7, 11) is 0. The molecule has 25 heavy (non-hydrogen) atoms. The maximum atomic E-state index is 4.69. The highest BCUT2D eigenvalue weighted by atomic mass is 127. The molecule has 0 saturated heterocycles. The van der Waals surface area contributed by atoms with E-state index < -0.39 is 0 Å². The second kappa shape index (κ2) is 11.0. The first kappa shape index (κ1) is 22.2. The third kappa shape index (κ3) is 7.53. The molecule has 138 valence electrons. The van der Waals surface area contributed by atoms with Crippen LogP contribution in [0.2, 0.25) is 0 Å². The van der Waals surface area contributed by atoms with Gasteiger partial charge in [-0.3, -0.25) is 0 Å². The summed E-state index contributed by atoms with van der Waals surface area (Å²) in [4.78, 5) is 9.35. The smallest absolute Gasteiger partial charge is 0.191 e. The summed E-state index contributed by atoms with van der Waals surface area (Å²) in [6.45, 7) is 8.82. The van der Waals surface area contributed by atoms with Crippen LogP contribution in [0.25, 0.3) is 10.6 Å². The van der Waals surface area contributed by atoms with Crippen LogP contribution in [0.5, 0.6) is 0 Å². The van der Waals surface area contributed by atoms with Gasteiger partial charge in [-0.2, -0.15) is 11.8 Å². The van der Waals surface area contributed by atoms with Crippen LogP contribution in [0.15, 0.2) is 40.7 Å². The quantitative estimate of drug-likeness (QED) is 0.338. The van der Waals surface area contributed by atoms with Crippen molar-refractivity contribution in [1.29, 1.82) is 0 Å². The Kier molecular flexibility index (Phi) is 9.81. The summed E-state index contributed by atoms with van der Waals surface area (Å²) in [5, 5.41) is 9.84. The molecular weight excluding hydrogens is 463 g/mol. The molecule has 0 aliphatic heterocycles. The van der Waals surface area contributed by atoms with Crippen LogP contribution in [-0.2, 0) is 6.54 Å². The van der Waals surface area contributed by atoms with Gasteiger partial charge in [-0.1, -0.05) is 30.3 Å². The van der Waals surface area contributed by atoms with E-state index in [1.165, 1.54) is 0 Å². The van der Waals surface area contributed by atoms with E-state index in [9.17, 15) is 0 Å². The molecule has 0 atom stereocenters. The van der Waals surface area contributed by atoms with Gasteiger partial charge in [0.15, 0.2) is 5.96 Å². The number of rotatable bonds is 7. The Morgan fingerprint density at radius 3 is 2.60 bits per heavy atom. The van der Waals surface area contributed by atoms with Gasteiger partial charge in [0, 0.05) is 28.8 Å². The number of hydrogen-bond acceptors (Lipinski definition) is 4. The van der Waals surface area contributed by atoms with Gasteiger partial charge in [-0.15, -0.1) is 35.3 Å². The molecule has 0 radical (unpaired) electrons. The SMILES string of the molecule is CCNC(=NCc1csc(-c2ccccc2)n1)NCC(C)(C)SC.I. The fourth-order valence-corrected chi connectivity index (χ4v) is 3.00. The zero-order valence-electron chi connectivity index (χ0n) is 15.2. The molecule has 0 amide bonds. The van der Waals surface area contributed by atoms with Gasteiger partial charge in [0.05, 0.1) is 12.2 Å². The number of thioether (sulfide) groups is 1. The van der Waals surface area contributed by atoms with Crippen molar-refractivity contribution in [3.8, 4) is 10.6 Å². The van der Waals surface area contributed by atoms with Crippen LogP contribution in [0.1, 0.15) is 26.5 Å². The first-order valence-electron chi connectivity index (χ1n) is 8.11. The van der Waals surface area contributed by atoms with Crippen molar-refractivity contribution >= 4 is 53.0 Å². The maximum absolute atomic E-state index is 4.69. The number of thiazole rings is 1. The molecule has 0 aliphatic rings. The Labute approximate surface area is 176 Å². The van der Waals surface area contributed by atoms with E-state index in [4.69, 9.17) is 0 Å². The van der Waals surface area contributed by atoms with Crippen molar-refractivity contribution in [3.63, 3.8) is 0 Å². The molecule has 1 aromatic carbocycles. The average molecular weight is 490 g/mol. The normalized spacial score (nSPS) is 11.8. The molecule has 2 aromatic rings. The number of nitrogens with zero attached hydrogens (tertiary/aromatic N) is 2. The Bertz CT molecular complexity index is 656. The van der Waals surface area contributed by atoms with E-state index in [-0.39, 0.29) is 28.7 Å². The minimum atomic E-state index is 0. The monoisotopic (exact) mass is 490 g/mol. The summed E-state index contributed by atoms with van der Waals surface area (Å²) in [6.07, 6.45) is 2.13. The van der Waals surface area contributed by atoms with Crippen LogP contribution in [-0.4, -0.2) is 35.0 Å². The molecule has 4 nitrogen and oxygen atoms in total. The van der Waals surface area contributed by atoms with E-state index >= 15 is 0 Å². The lowest BCUT2D eigenvalue weighted by Crippen LogP contribution is -2.43. The van der Waals surface area contributed by atoms with Gasteiger partial charge in [0.1, 0.15) is 5.01 Å². The van der Waals surface area contributed by atoms with Crippen LogP contribution in [0, 0.1) is 0 Å². The second-order valence-corrected chi connectivity index (χ2v) is 8.39. The van der Waals surface area contributed by atoms with Crippen molar-refractivity contribution < 1.29 is 0 Å². The lowest BCUT2D eigenvalue weighted by atomic mass is 10.2. The summed E-state index contributed by atoms with van der Waals surface area (Å²) >= 11 is 3.51. The van der Waals surface area contributed by atoms with Gasteiger partial charge in [-0.25, -0.2) is 9.98 Å². The van der Waals surface area contributed by atoms with Gasteiger partial charge >= 0.3 is 0 Å². The molecule has 0 aliphatic carbocycles. The number of halogens is 1. The van der Waals surface area contributed by atoms with Crippen molar-refractivity contribution in [2.75, 3.05) is 19.3 Å². The molecule has 0 unspecified atom stereocenters. The maximum Gasteiger partial charge on any atom is 0.191 e. The van der Waals surface area contributed by atoms with Crippen LogP contribution < -0.4 is 10.6 Å². The molecule has 2 rings (SSSR count). The first-order valence-corrected chi connectivity index (χ1v) is 10.2. The minimum Gasteiger partial charge on any atom is -0.357 e. The lowest BCUT2D eigenvalue weighted by molar-refractivity contribution is 0.664. The molecule has 0 spiro atoms. The largest absolute Gasteiger partial charge is 0.357 e. The van der Waals surface area contributed by atoms with Gasteiger partial charge in [0.2, 0.25) is 0 Å². The number of guanidine groups is 1. The Morgan fingerprint density at radius 1 is 1.24 bits per heavy atom. The highest BCUT2D eigenvalue weighted by Gasteiger charge is 2.16. The third-order valence-electron chi connectivity index (χ3n) is 3.55. The molecule has 2 N–H and O–H groups in total. The van der Waals surface area contributed by atoms with E-state index in [0.717, 1.165) is 35.3 Å². The number of nitrogens with one attached hydrogen (secondary N) is 2. The summed E-state index contributed by atoms with van der Waals surface area (Å²) in [5.41, 5.74) is 2.16. The first-order chi connectivity index (χ1) is 11.5. The number of aliphatic imine (C=N–C) groups is 1. The van der Waals surface area contributed by atoms with Crippen molar-refractivity contribution in [2.45, 2.75) is 32.1 Å². The molecule has 0 saturated carbocycles. The van der Waals surface area contributed by atoms with E-state index in [0.29, 0.717) is 6.54 Å². The van der Waals surface area contributed by atoms with Crippen molar-refractivity contribution in [2.24, 2.45) is 4.99 Å². The zero-order valence-corrected chi connectivity index (χ0v) is 19.2. The van der Waals surface area contributed by atoms with Gasteiger partial charge in [-0.05, 0) is 27.0 Å². The zero-order chi connectivity index (χ0) is 17.4. The number of benzene rings is 1. The topological polar surface area (TPSA) is 49.3 Å². The van der Waals surface area contributed by atoms with Gasteiger partial charge in [0.25, 0.3) is 0 Å². The lowest BCUT2D eigenvalue weighted by Gasteiger charge is -2.23. The molecule has 1 aromatic heterocycles. The van der Waals surface area contributed by atoms with E-state index in [2.05, 4.69) is 65.1 Å². The number of hydrogen-bond donors (Lipinski definition) is 2. The standard InChI is InChI=1S/C18H26N4S2.HI/c1-5-19-17(21-13-18(2,3)23-4)20-11-15-12-24-16(22-15)14-9-7-6-8-10-14;/h6-10,12H,5,11,13H2,1-4H3,(H2,19,20,21);1H. The summed E-state index contributed by atoms with van der Waals surface area (Å²) < 4.78 is 0.178. The molecular formula is C18H27IN4S2. The molecule has 7 heteroatoms. The Hall–Kier alpha value is -0.800. The molecule has 0 bridgehead atoms. The predicted octanol–water partition coefficient (Wildman–Crippen LogP) is 4.62. The highest BCUT2D eigenvalue weighted by Crippen LogP contribution is 2.23. The number of aromatic nitrogens is 1. The highest BCUT2D eigenvalue weighted by molar-refractivity contribution is 14.0. The minimum absolute atomic E-state index is 0. The second-order valence-electron chi connectivity index (χ2n) is 6.02. The summed E-state index contributed by atoms with van der Waals surface area (Å²) in [6, 6.07) is 10.3. The predicted molar refractivity (Wildman–Crippen MR) is 123 cm³/mol. The average Bonchev–Trinajstić information content (AvgIpc) is 3.07. The Balaban J connectivity index is 0.00000312. The fraction of sp³-hybridized carbons (Fsp3) is 0.444. The van der Waals surface area contributed by atoms with Crippen LogP contribution in [0.3, 0.4) is 0 Å². The van der Waals surface area contributed by atoms with Crippen LogP contribution in [0.4, 0.5) is 0 Å². The van der Waals surface area contributed by atoms with Crippen LogP contribution >= 0.6 is 47.1 Å². The van der Waals surface area contributed by atoms with Crippen molar-refractivity contribution in [3.05, 3.63) is 41.4 Å². The van der Waals surface area contributed by atoms with E-state index in [1.807, 2.05) is 30.0 Å². The third-order valence-corrected chi connectivity index (χ3v) is 5.74. The van der Waals surface area contributed by atoms with E-state index in [1.54, 1.807) is 11.3 Å².